The predicted octanol–water partition coefficient (Wildman–Crippen LogP) is 2.11. The number of nitrogens with zero attached hydrogens (tertiary/aromatic N) is 3. The van der Waals surface area contributed by atoms with E-state index in [4.69, 9.17) is 0 Å². The van der Waals surface area contributed by atoms with Crippen LogP contribution in [-0.4, -0.2) is 77.6 Å². The molecule has 0 bridgehead atoms. The van der Waals surface area contributed by atoms with Gasteiger partial charge in [-0.1, -0.05) is 30.3 Å². The molecule has 1 unspecified atom stereocenters. The Kier molecular flexibility index (Phi) is 6.82. The number of anilines is 1. The molecule has 2 amide bonds. The number of likely N-dealkylation sites (N-methyl/N-ethyl adjacent to an activating group) is 1. The minimum absolute atomic E-state index is 0.275. The van der Waals surface area contributed by atoms with E-state index in [1.807, 2.05) is 48.5 Å². The van der Waals surface area contributed by atoms with Crippen molar-refractivity contribution < 1.29 is 9.59 Å². The highest BCUT2D eigenvalue weighted by atomic mass is 16.2. The van der Waals surface area contributed by atoms with E-state index in [9.17, 15) is 9.59 Å². The van der Waals surface area contributed by atoms with Crippen LogP contribution in [0.5, 0.6) is 0 Å². The fourth-order valence-electron chi connectivity index (χ4n) is 3.83. The fraction of sp³-hybridized carbons (Fsp3) is 0.375. The minimum Gasteiger partial charge on any atom is -0.339 e. The van der Waals surface area contributed by atoms with E-state index in [1.165, 1.54) is 5.56 Å². The van der Waals surface area contributed by atoms with Gasteiger partial charge in [0, 0.05) is 43.8 Å². The molecule has 0 radical (unpaired) electrons. The molecule has 3 N–H and O–H groups in total. The third-order valence-electron chi connectivity index (χ3n) is 5.96. The van der Waals surface area contributed by atoms with E-state index in [-0.39, 0.29) is 17.5 Å². The van der Waals surface area contributed by atoms with Crippen LogP contribution in [0.3, 0.4) is 0 Å². The summed E-state index contributed by atoms with van der Waals surface area (Å²) in [6, 6.07) is 14.6. The Morgan fingerprint density at radius 2 is 1.78 bits per heavy atom. The molecule has 2 aromatic carbocycles. The van der Waals surface area contributed by atoms with Crippen molar-refractivity contribution in [2.45, 2.75) is 19.4 Å². The van der Waals surface area contributed by atoms with E-state index in [2.05, 4.69) is 37.7 Å². The summed E-state index contributed by atoms with van der Waals surface area (Å²) in [6.45, 7) is 7.17. The van der Waals surface area contributed by atoms with Crippen LogP contribution in [0, 0.1) is 0 Å². The predicted molar refractivity (Wildman–Crippen MR) is 126 cm³/mol. The first-order valence-electron chi connectivity index (χ1n) is 11.0. The Morgan fingerprint density at radius 3 is 2.53 bits per heavy atom. The molecule has 0 aliphatic carbocycles. The van der Waals surface area contributed by atoms with E-state index in [1.54, 1.807) is 6.92 Å². The van der Waals surface area contributed by atoms with Crippen LogP contribution in [0.4, 0.5) is 5.69 Å². The minimum atomic E-state index is -0.699. The number of nitrogens with one attached hydrogen (secondary N) is 3. The van der Waals surface area contributed by atoms with Crippen molar-refractivity contribution in [3.8, 4) is 0 Å². The monoisotopic (exact) mass is 434 g/mol. The van der Waals surface area contributed by atoms with Crippen LogP contribution in [0.25, 0.3) is 10.9 Å². The summed E-state index contributed by atoms with van der Waals surface area (Å²) in [5, 5.41) is 13.2. The van der Waals surface area contributed by atoms with Crippen molar-refractivity contribution in [1.82, 2.24) is 25.3 Å². The summed E-state index contributed by atoms with van der Waals surface area (Å²) < 4.78 is 0. The Balaban J connectivity index is 1.27. The number of para-hydroxylation sites is 1. The molecule has 1 fully saturated rings. The number of aromatic nitrogens is 2. The molecule has 8 heteroatoms. The lowest BCUT2D eigenvalue weighted by molar-refractivity contribution is -0.117. The molecule has 4 rings (SSSR count). The SMILES string of the molecule is CC(NC(=O)c1n[nH]c2ccccc12)C(=O)Nc1ccc(CCN2CCN(C)CC2)cc1. The van der Waals surface area contributed by atoms with E-state index in [0.717, 1.165) is 50.0 Å². The second-order valence-electron chi connectivity index (χ2n) is 8.39. The largest absolute Gasteiger partial charge is 0.339 e. The maximum atomic E-state index is 12.6. The van der Waals surface area contributed by atoms with Crippen LogP contribution in [0.2, 0.25) is 0 Å². The smallest absolute Gasteiger partial charge is 0.273 e. The summed E-state index contributed by atoms with van der Waals surface area (Å²) in [6.07, 6.45) is 0.988. The van der Waals surface area contributed by atoms with Gasteiger partial charge < -0.3 is 20.4 Å². The molecular formula is C24H30N6O2. The number of hydrogen-bond donors (Lipinski definition) is 3. The van der Waals surface area contributed by atoms with Crippen LogP contribution in [0.1, 0.15) is 23.0 Å². The van der Waals surface area contributed by atoms with E-state index in [0.29, 0.717) is 5.69 Å². The van der Waals surface area contributed by atoms with E-state index < -0.39 is 6.04 Å². The molecule has 8 nitrogen and oxygen atoms in total. The number of piperazine rings is 1. The number of hydrogen-bond acceptors (Lipinski definition) is 5. The normalized spacial score (nSPS) is 16.1. The van der Waals surface area contributed by atoms with Crippen LogP contribution >= 0.6 is 0 Å². The zero-order valence-electron chi connectivity index (χ0n) is 18.6. The maximum Gasteiger partial charge on any atom is 0.273 e. The van der Waals surface area contributed by atoms with Crippen molar-refractivity contribution in [2.24, 2.45) is 0 Å². The van der Waals surface area contributed by atoms with Gasteiger partial charge in [-0.15, -0.1) is 0 Å². The molecule has 1 atom stereocenters. The van der Waals surface area contributed by atoms with Crippen molar-refractivity contribution in [2.75, 3.05) is 45.1 Å². The number of fused-ring (bicyclic) bond motifs is 1. The first-order valence-corrected chi connectivity index (χ1v) is 11.0. The third-order valence-corrected chi connectivity index (χ3v) is 5.96. The Bertz CT molecular complexity index is 1070. The number of carbonyl (C=O) groups is 2. The van der Waals surface area contributed by atoms with Gasteiger partial charge in [0.1, 0.15) is 6.04 Å². The first kappa shape index (κ1) is 22.0. The van der Waals surface area contributed by atoms with Crippen molar-refractivity contribution in [3.63, 3.8) is 0 Å². The number of aromatic amines is 1. The highest BCUT2D eigenvalue weighted by molar-refractivity contribution is 6.06. The number of carbonyl (C=O) groups excluding carboxylic acids is 2. The van der Waals surface area contributed by atoms with Gasteiger partial charge in [-0.05, 0) is 44.2 Å². The van der Waals surface area contributed by atoms with Crippen molar-refractivity contribution in [3.05, 3.63) is 59.8 Å². The van der Waals surface area contributed by atoms with Gasteiger partial charge in [0.25, 0.3) is 5.91 Å². The number of benzene rings is 2. The quantitative estimate of drug-likeness (QED) is 0.530. The average molecular weight is 435 g/mol. The lowest BCUT2D eigenvalue weighted by Gasteiger charge is -2.32. The Labute approximate surface area is 188 Å². The molecule has 2 heterocycles. The topological polar surface area (TPSA) is 93.4 Å². The van der Waals surface area contributed by atoms with Gasteiger partial charge in [0.2, 0.25) is 5.91 Å². The molecule has 168 valence electrons. The molecule has 0 saturated carbocycles. The zero-order chi connectivity index (χ0) is 22.5. The standard InChI is InChI=1S/C24H30N6O2/c1-17(25-24(32)22-20-5-3-4-6-21(20)27-28-22)23(31)26-19-9-7-18(8-10-19)11-12-30-15-13-29(2)14-16-30/h3-10,17H,11-16H2,1-2H3,(H,25,32)(H,26,31)(H,27,28). The first-order chi connectivity index (χ1) is 15.5. The molecule has 1 aliphatic rings. The number of amides is 2. The van der Waals surface area contributed by atoms with Crippen molar-refractivity contribution in [1.29, 1.82) is 0 Å². The summed E-state index contributed by atoms with van der Waals surface area (Å²) >= 11 is 0. The number of H-pyrrole nitrogens is 1. The van der Waals surface area contributed by atoms with Gasteiger partial charge in [-0.2, -0.15) is 5.10 Å². The second kappa shape index (κ2) is 9.93. The Hall–Kier alpha value is -3.23. The van der Waals surface area contributed by atoms with Gasteiger partial charge in [0.15, 0.2) is 5.69 Å². The van der Waals surface area contributed by atoms with Gasteiger partial charge >= 0.3 is 0 Å². The molecule has 32 heavy (non-hydrogen) atoms. The molecule has 3 aromatic rings. The van der Waals surface area contributed by atoms with Gasteiger partial charge in [-0.3, -0.25) is 14.7 Å². The zero-order valence-corrected chi connectivity index (χ0v) is 18.6. The fourth-order valence-corrected chi connectivity index (χ4v) is 3.83. The lowest BCUT2D eigenvalue weighted by atomic mass is 10.1. The van der Waals surface area contributed by atoms with Crippen molar-refractivity contribution >= 4 is 28.4 Å². The Morgan fingerprint density at radius 1 is 1.06 bits per heavy atom. The molecule has 1 aliphatic heterocycles. The number of rotatable bonds is 7. The van der Waals surface area contributed by atoms with Gasteiger partial charge in [0.05, 0.1) is 5.52 Å². The highest BCUT2D eigenvalue weighted by Gasteiger charge is 2.20. The molecule has 1 saturated heterocycles. The third kappa shape index (κ3) is 5.33. The molecular weight excluding hydrogens is 404 g/mol. The summed E-state index contributed by atoms with van der Waals surface area (Å²) in [4.78, 5) is 30.0. The summed E-state index contributed by atoms with van der Waals surface area (Å²) in [5.74, 6) is -0.660. The van der Waals surface area contributed by atoms with Crippen LogP contribution in [0.15, 0.2) is 48.5 Å². The lowest BCUT2D eigenvalue weighted by Crippen LogP contribution is -2.45. The maximum absolute atomic E-state index is 12.6. The van der Waals surface area contributed by atoms with Crippen LogP contribution in [-0.2, 0) is 11.2 Å². The second-order valence-corrected chi connectivity index (χ2v) is 8.39. The average Bonchev–Trinajstić information content (AvgIpc) is 3.24. The summed E-state index contributed by atoms with van der Waals surface area (Å²) in [5.41, 5.74) is 3.02. The van der Waals surface area contributed by atoms with Crippen LogP contribution < -0.4 is 10.6 Å². The summed E-state index contributed by atoms with van der Waals surface area (Å²) in [7, 11) is 2.16. The molecule has 1 aromatic heterocycles. The van der Waals surface area contributed by atoms with E-state index >= 15 is 0 Å². The molecule has 0 spiro atoms. The van der Waals surface area contributed by atoms with Gasteiger partial charge in [-0.25, -0.2) is 0 Å². The highest BCUT2D eigenvalue weighted by Crippen LogP contribution is 2.15.